The minimum Gasteiger partial charge on any atom is -0.385 e. The Morgan fingerprint density at radius 3 is 2.71 bits per heavy atom. The van der Waals surface area contributed by atoms with E-state index < -0.39 is 0 Å². The Bertz CT molecular complexity index is 149. The van der Waals surface area contributed by atoms with Crippen LogP contribution in [-0.2, 0) is 4.74 Å². The second-order valence-electron chi connectivity index (χ2n) is 4.58. The van der Waals surface area contributed by atoms with Crippen LogP contribution in [0.1, 0.15) is 45.4 Å². The Labute approximate surface area is 93.2 Å². The van der Waals surface area contributed by atoms with Crippen molar-refractivity contribution in [1.82, 2.24) is 0 Å². The average Bonchev–Trinajstić information content (AvgIpc) is 2.39. The molecule has 1 nitrogen and oxygen atoms in total. The molecule has 0 aromatic heterocycles. The quantitative estimate of drug-likeness (QED) is 0.515. The monoisotopic (exact) mass is 218 g/mol. The van der Waals surface area contributed by atoms with Crippen LogP contribution in [0.3, 0.4) is 0 Å². The van der Waals surface area contributed by atoms with Gasteiger partial charge in [0.2, 0.25) is 0 Å². The van der Waals surface area contributed by atoms with E-state index in [4.69, 9.17) is 16.3 Å². The first-order valence-electron chi connectivity index (χ1n) is 5.88. The maximum absolute atomic E-state index is 6.42. The van der Waals surface area contributed by atoms with Crippen LogP contribution in [0.2, 0.25) is 0 Å². The summed E-state index contributed by atoms with van der Waals surface area (Å²) in [6, 6.07) is 0. The molecule has 1 rings (SSSR count). The van der Waals surface area contributed by atoms with E-state index >= 15 is 0 Å². The molecular weight excluding hydrogens is 196 g/mol. The van der Waals surface area contributed by atoms with E-state index in [2.05, 4.69) is 6.92 Å². The van der Waals surface area contributed by atoms with Gasteiger partial charge in [0.05, 0.1) is 0 Å². The van der Waals surface area contributed by atoms with Crippen molar-refractivity contribution in [2.24, 2.45) is 11.8 Å². The molecule has 0 aromatic carbocycles. The number of hydrogen-bond donors (Lipinski definition) is 0. The fourth-order valence-electron chi connectivity index (χ4n) is 2.45. The van der Waals surface area contributed by atoms with E-state index in [1.807, 2.05) is 0 Å². The molecule has 0 amide bonds. The number of hydrogen-bond acceptors (Lipinski definition) is 1. The summed E-state index contributed by atoms with van der Waals surface area (Å²) in [4.78, 5) is 0. The SMILES string of the molecule is COCCC(C)C1CCCCCC1Cl. The summed E-state index contributed by atoms with van der Waals surface area (Å²) in [7, 11) is 1.78. The van der Waals surface area contributed by atoms with Crippen LogP contribution in [0.5, 0.6) is 0 Å². The molecule has 0 spiro atoms. The zero-order valence-electron chi connectivity index (χ0n) is 9.47. The van der Waals surface area contributed by atoms with Crippen molar-refractivity contribution in [2.75, 3.05) is 13.7 Å². The number of halogens is 1. The van der Waals surface area contributed by atoms with Crippen molar-refractivity contribution in [3.63, 3.8) is 0 Å². The Morgan fingerprint density at radius 1 is 1.29 bits per heavy atom. The molecule has 0 radical (unpaired) electrons. The first kappa shape index (κ1) is 12.3. The summed E-state index contributed by atoms with van der Waals surface area (Å²) in [6.07, 6.45) is 7.75. The Hall–Kier alpha value is 0.250. The summed E-state index contributed by atoms with van der Waals surface area (Å²) in [5.41, 5.74) is 0. The predicted octanol–water partition coefficient (Wildman–Crippen LogP) is 3.85. The van der Waals surface area contributed by atoms with Crippen molar-refractivity contribution in [2.45, 2.75) is 50.8 Å². The van der Waals surface area contributed by atoms with Crippen molar-refractivity contribution >= 4 is 11.6 Å². The third-order valence-electron chi connectivity index (χ3n) is 3.49. The average molecular weight is 219 g/mol. The van der Waals surface area contributed by atoms with Gasteiger partial charge >= 0.3 is 0 Å². The number of rotatable bonds is 4. The third kappa shape index (κ3) is 3.78. The van der Waals surface area contributed by atoms with Gasteiger partial charge in [0.25, 0.3) is 0 Å². The van der Waals surface area contributed by atoms with Gasteiger partial charge in [-0.15, -0.1) is 11.6 Å². The molecule has 1 aliphatic rings. The van der Waals surface area contributed by atoms with E-state index in [1.54, 1.807) is 7.11 Å². The fraction of sp³-hybridized carbons (Fsp3) is 1.00. The number of ether oxygens (including phenoxy) is 1. The summed E-state index contributed by atoms with van der Waals surface area (Å²) in [5.74, 6) is 1.44. The van der Waals surface area contributed by atoms with E-state index in [0.717, 1.165) is 18.9 Å². The highest BCUT2D eigenvalue weighted by molar-refractivity contribution is 6.20. The Balaban J connectivity index is 2.37. The molecule has 1 aliphatic carbocycles. The van der Waals surface area contributed by atoms with Crippen LogP contribution in [0.4, 0.5) is 0 Å². The molecule has 0 aromatic rings. The minimum atomic E-state index is 0.407. The highest BCUT2D eigenvalue weighted by atomic mass is 35.5. The van der Waals surface area contributed by atoms with Gasteiger partial charge in [-0.3, -0.25) is 0 Å². The van der Waals surface area contributed by atoms with E-state index in [0.29, 0.717) is 11.3 Å². The fourth-order valence-corrected chi connectivity index (χ4v) is 2.98. The molecule has 3 atom stereocenters. The molecule has 0 heterocycles. The topological polar surface area (TPSA) is 9.23 Å². The summed E-state index contributed by atoms with van der Waals surface area (Å²) >= 11 is 6.42. The van der Waals surface area contributed by atoms with Crippen molar-refractivity contribution < 1.29 is 4.74 Å². The molecule has 84 valence electrons. The molecular formula is C12H23ClO. The van der Waals surface area contributed by atoms with Gasteiger partial charge < -0.3 is 4.74 Å². The highest BCUT2D eigenvalue weighted by Gasteiger charge is 2.26. The number of alkyl halides is 1. The van der Waals surface area contributed by atoms with Crippen LogP contribution >= 0.6 is 11.6 Å². The highest BCUT2D eigenvalue weighted by Crippen LogP contribution is 2.34. The second kappa shape index (κ2) is 6.68. The van der Waals surface area contributed by atoms with Crippen LogP contribution < -0.4 is 0 Å². The van der Waals surface area contributed by atoms with Crippen LogP contribution in [0.15, 0.2) is 0 Å². The molecule has 1 saturated carbocycles. The van der Waals surface area contributed by atoms with Gasteiger partial charge in [-0.2, -0.15) is 0 Å². The van der Waals surface area contributed by atoms with Gasteiger partial charge in [0.1, 0.15) is 0 Å². The van der Waals surface area contributed by atoms with E-state index in [1.165, 1.54) is 32.1 Å². The molecule has 0 saturated heterocycles. The molecule has 2 heteroatoms. The maximum Gasteiger partial charge on any atom is 0.0464 e. The van der Waals surface area contributed by atoms with E-state index in [-0.39, 0.29) is 0 Å². The Morgan fingerprint density at radius 2 is 2.00 bits per heavy atom. The lowest BCUT2D eigenvalue weighted by Gasteiger charge is -2.26. The normalized spacial score (nSPS) is 31.1. The molecule has 14 heavy (non-hydrogen) atoms. The van der Waals surface area contributed by atoms with Gasteiger partial charge in [-0.25, -0.2) is 0 Å². The van der Waals surface area contributed by atoms with Gasteiger partial charge in [-0.1, -0.05) is 26.2 Å². The van der Waals surface area contributed by atoms with Crippen molar-refractivity contribution in [3.05, 3.63) is 0 Å². The lowest BCUT2D eigenvalue weighted by molar-refractivity contribution is 0.161. The molecule has 0 N–H and O–H groups in total. The first-order valence-corrected chi connectivity index (χ1v) is 6.32. The summed E-state index contributed by atoms with van der Waals surface area (Å²) in [5, 5.41) is 0.407. The lowest BCUT2D eigenvalue weighted by Crippen LogP contribution is -2.22. The van der Waals surface area contributed by atoms with E-state index in [9.17, 15) is 0 Å². The predicted molar refractivity (Wildman–Crippen MR) is 61.9 cm³/mol. The second-order valence-corrected chi connectivity index (χ2v) is 5.14. The van der Waals surface area contributed by atoms with Crippen LogP contribution in [0.25, 0.3) is 0 Å². The minimum absolute atomic E-state index is 0.407. The smallest absolute Gasteiger partial charge is 0.0464 e. The molecule has 0 bridgehead atoms. The van der Waals surface area contributed by atoms with Crippen LogP contribution in [0, 0.1) is 11.8 Å². The van der Waals surface area contributed by atoms with Crippen molar-refractivity contribution in [1.29, 1.82) is 0 Å². The zero-order valence-corrected chi connectivity index (χ0v) is 10.2. The molecule has 3 unspecified atom stereocenters. The van der Waals surface area contributed by atoms with Crippen LogP contribution in [-0.4, -0.2) is 19.1 Å². The summed E-state index contributed by atoms with van der Waals surface area (Å²) in [6.45, 7) is 3.20. The standard InChI is InChI=1S/C12H23ClO/c1-10(8-9-14-2)11-6-4-3-5-7-12(11)13/h10-12H,3-9H2,1-2H3. The summed E-state index contributed by atoms with van der Waals surface area (Å²) < 4.78 is 5.13. The van der Waals surface area contributed by atoms with Gasteiger partial charge in [0, 0.05) is 19.1 Å². The lowest BCUT2D eigenvalue weighted by atomic mass is 9.85. The molecule has 0 aliphatic heterocycles. The first-order chi connectivity index (χ1) is 6.75. The zero-order chi connectivity index (χ0) is 10.4. The molecule has 1 fully saturated rings. The largest absolute Gasteiger partial charge is 0.385 e. The maximum atomic E-state index is 6.42. The number of methoxy groups -OCH3 is 1. The van der Waals surface area contributed by atoms with Gasteiger partial charge in [0.15, 0.2) is 0 Å². The Kier molecular flexibility index (Phi) is 5.88. The third-order valence-corrected chi connectivity index (χ3v) is 4.03. The van der Waals surface area contributed by atoms with Crippen molar-refractivity contribution in [3.8, 4) is 0 Å². The van der Waals surface area contributed by atoms with Gasteiger partial charge in [-0.05, 0) is 31.1 Å².